The van der Waals surface area contributed by atoms with Gasteiger partial charge < -0.3 is 5.73 Å². The summed E-state index contributed by atoms with van der Waals surface area (Å²) in [6.07, 6.45) is 5.40. The van der Waals surface area contributed by atoms with Gasteiger partial charge in [-0.05, 0) is 54.7 Å². The van der Waals surface area contributed by atoms with Gasteiger partial charge in [-0.2, -0.15) is 0 Å². The van der Waals surface area contributed by atoms with Crippen LogP contribution in [0.25, 0.3) is 11.1 Å². The highest BCUT2D eigenvalue weighted by molar-refractivity contribution is 5.97. The lowest BCUT2D eigenvalue weighted by molar-refractivity contribution is 0.0999. The summed E-state index contributed by atoms with van der Waals surface area (Å²) in [6, 6.07) is 5.85. The molecule has 0 saturated heterocycles. The van der Waals surface area contributed by atoms with Gasteiger partial charge in [-0.1, -0.05) is 19.4 Å². The number of hydrogen-bond donors (Lipinski definition) is 1. The number of pyridine rings is 1. The number of carbonyl (C=O) groups excluding carboxylic acids is 1. The maximum Gasteiger partial charge on any atom is 0.249 e. The second-order valence-corrected chi connectivity index (χ2v) is 5.08. The van der Waals surface area contributed by atoms with Crippen molar-refractivity contribution >= 4 is 5.91 Å². The Hall–Kier alpha value is -2.16. The zero-order valence-electron chi connectivity index (χ0n) is 12.2. The number of primary amides is 1. The van der Waals surface area contributed by atoms with Crippen LogP contribution in [0, 0.1) is 13.8 Å². The molecule has 2 rings (SSSR count). The molecule has 104 valence electrons. The predicted molar refractivity (Wildman–Crippen MR) is 81.7 cm³/mol. The molecule has 3 heteroatoms. The van der Waals surface area contributed by atoms with E-state index in [1.54, 1.807) is 6.20 Å². The predicted octanol–water partition coefficient (Wildman–Crippen LogP) is 3.42. The Morgan fingerprint density at radius 2 is 2.10 bits per heavy atom. The van der Waals surface area contributed by atoms with E-state index >= 15 is 0 Å². The van der Waals surface area contributed by atoms with Gasteiger partial charge >= 0.3 is 0 Å². The molecule has 0 aliphatic heterocycles. The molecule has 0 spiro atoms. The van der Waals surface area contributed by atoms with Gasteiger partial charge in [0.05, 0.1) is 0 Å². The third-order valence-corrected chi connectivity index (χ3v) is 3.67. The number of rotatable bonds is 4. The van der Waals surface area contributed by atoms with Crippen LogP contribution >= 0.6 is 0 Å². The molecule has 1 heterocycles. The smallest absolute Gasteiger partial charge is 0.249 e. The first-order chi connectivity index (χ1) is 9.56. The highest BCUT2D eigenvalue weighted by Crippen LogP contribution is 2.32. The Balaban J connectivity index is 2.79. The van der Waals surface area contributed by atoms with Gasteiger partial charge in [-0.25, -0.2) is 0 Å². The van der Waals surface area contributed by atoms with Gasteiger partial charge in [-0.15, -0.1) is 0 Å². The van der Waals surface area contributed by atoms with Crippen molar-refractivity contribution in [3.63, 3.8) is 0 Å². The molecule has 0 saturated carbocycles. The van der Waals surface area contributed by atoms with Crippen LogP contribution < -0.4 is 5.73 Å². The molecule has 2 N–H and O–H groups in total. The second-order valence-electron chi connectivity index (χ2n) is 5.08. The second kappa shape index (κ2) is 5.87. The van der Waals surface area contributed by atoms with E-state index < -0.39 is 0 Å². The van der Waals surface area contributed by atoms with E-state index in [9.17, 15) is 4.79 Å². The summed E-state index contributed by atoms with van der Waals surface area (Å²) >= 11 is 0. The summed E-state index contributed by atoms with van der Waals surface area (Å²) in [4.78, 5) is 15.9. The van der Waals surface area contributed by atoms with Gasteiger partial charge in [0.15, 0.2) is 0 Å². The lowest BCUT2D eigenvalue weighted by atomic mass is 9.87. The minimum atomic E-state index is -0.360. The number of carbonyl (C=O) groups is 1. The van der Waals surface area contributed by atoms with Gasteiger partial charge in [0, 0.05) is 23.5 Å². The highest BCUT2D eigenvalue weighted by atomic mass is 16.1. The minimum Gasteiger partial charge on any atom is -0.366 e. The molecule has 2 aromatic rings. The van der Waals surface area contributed by atoms with Crippen molar-refractivity contribution < 1.29 is 4.79 Å². The SMILES string of the molecule is CCCc1c(C(N)=O)cc(C)c(C)c1-c1cccnc1. The fourth-order valence-corrected chi connectivity index (χ4v) is 2.60. The molecule has 3 nitrogen and oxygen atoms in total. The molecule has 20 heavy (non-hydrogen) atoms. The van der Waals surface area contributed by atoms with Crippen LogP contribution in [0.1, 0.15) is 40.4 Å². The van der Waals surface area contributed by atoms with Gasteiger partial charge in [0.2, 0.25) is 5.91 Å². The first kappa shape index (κ1) is 14.3. The van der Waals surface area contributed by atoms with Crippen LogP contribution in [0.4, 0.5) is 0 Å². The van der Waals surface area contributed by atoms with Crippen molar-refractivity contribution in [3.05, 3.63) is 52.8 Å². The fourth-order valence-electron chi connectivity index (χ4n) is 2.60. The third-order valence-electron chi connectivity index (χ3n) is 3.67. The molecule has 1 aromatic heterocycles. The van der Waals surface area contributed by atoms with E-state index in [1.165, 1.54) is 5.56 Å². The Labute approximate surface area is 119 Å². The lowest BCUT2D eigenvalue weighted by Crippen LogP contribution is -2.16. The molecule has 0 atom stereocenters. The summed E-state index contributed by atoms with van der Waals surface area (Å²) in [5.74, 6) is -0.360. The number of aromatic nitrogens is 1. The van der Waals surface area contributed by atoms with E-state index in [4.69, 9.17) is 5.73 Å². The van der Waals surface area contributed by atoms with E-state index in [-0.39, 0.29) is 5.91 Å². The van der Waals surface area contributed by atoms with Crippen molar-refractivity contribution in [2.24, 2.45) is 5.73 Å². The van der Waals surface area contributed by atoms with Gasteiger partial charge in [0.1, 0.15) is 0 Å². The molecular weight excluding hydrogens is 248 g/mol. The number of nitrogens with two attached hydrogens (primary N) is 1. The van der Waals surface area contributed by atoms with Crippen molar-refractivity contribution in [1.82, 2.24) is 4.98 Å². The highest BCUT2D eigenvalue weighted by Gasteiger charge is 2.17. The first-order valence-corrected chi connectivity index (χ1v) is 6.89. The standard InChI is InChI=1S/C17H20N2O/c1-4-6-14-15(17(18)20)9-11(2)12(3)16(14)13-7-5-8-19-10-13/h5,7-10H,4,6H2,1-3H3,(H2,18,20). The lowest BCUT2D eigenvalue weighted by Gasteiger charge is -2.18. The topological polar surface area (TPSA) is 56.0 Å². The number of aryl methyl sites for hydroxylation is 1. The van der Waals surface area contributed by atoms with Crippen LogP contribution in [-0.4, -0.2) is 10.9 Å². The van der Waals surface area contributed by atoms with Crippen molar-refractivity contribution in [2.45, 2.75) is 33.6 Å². The molecule has 0 aliphatic rings. The summed E-state index contributed by atoms with van der Waals surface area (Å²) in [5, 5.41) is 0. The molecule has 0 radical (unpaired) electrons. The Bertz CT molecular complexity index is 633. The molecule has 0 unspecified atom stereocenters. The maximum absolute atomic E-state index is 11.8. The summed E-state index contributed by atoms with van der Waals surface area (Å²) in [5.41, 5.74) is 11.6. The van der Waals surface area contributed by atoms with E-state index in [1.807, 2.05) is 31.3 Å². The zero-order valence-corrected chi connectivity index (χ0v) is 12.2. The van der Waals surface area contributed by atoms with Crippen LogP contribution in [-0.2, 0) is 6.42 Å². The normalized spacial score (nSPS) is 10.6. The van der Waals surface area contributed by atoms with E-state index in [0.717, 1.165) is 35.1 Å². The van der Waals surface area contributed by atoms with Crippen LogP contribution in [0.5, 0.6) is 0 Å². The molecule has 0 bridgehead atoms. The number of amides is 1. The quantitative estimate of drug-likeness (QED) is 0.923. The summed E-state index contributed by atoms with van der Waals surface area (Å²) in [6.45, 7) is 6.20. The van der Waals surface area contributed by atoms with Gasteiger partial charge in [0.25, 0.3) is 0 Å². The van der Waals surface area contributed by atoms with Crippen molar-refractivity contribution in [3.8, 4) is 11.1 Å². The number of benzene rings is 1. The molecule has 0 fully saturated rings. The van der Waals surface area contributed by atoms with E-state index in [0.29, 0.717) is 5.56 Å². The first-order valence-electron chi connectivity index (χ1n) is 6.89. The minimum absolute atomic E-state index is 0.360. The Morgan fingerprint density at radius 3 is 2.65 bits per heavy atom. The average molecular weight is 268 g/mol. The van der Waals surface area contributed by atoms with Gasteiger partial charge in [-0.3, -0.25) is 9.78 Å². The molecule has 0 aliphatic carbocycles. The maximum atomic E-state index is 11.8. The monoisotopic (exact) mass is 268 g/mol. The molecular formula is C17H20N2O. The fraction of sp³-hybridized carbons (Fsp3) is 0.294. The Morgan fingerprint density at radius 1 is 1.35 bits per heavy atom. The van der Waals surface area contributed by atoms with E-state index in [2.05, 4.69) is 18.8 Å². The average Bonchev–Trinajstić information content (AvgIpc) is 2.44. The Kier molecular flexibility index (Phi) is 4.18. The number of nitrogens with zero attached hydrogens (tertiary/aromatic N) is 1. The van der Waals surface area contributed by atoms with Crippen molar-refractivity contribution in [2.75, 3.05) is 0 Å². The van der Waals surface area contributed by atoms with Crippen LogP contribution in [0.3, 0.4) is 0 Å². The van der Waals surface area contributed by atoms with Crippen LogP contribution in [0.2, 0.25) is 0 Å². The summed E-state index contributed by atoms with van der Waals surface area (Å²) < 4.78 is 0. The summed E-state index contributed by atoms with van der Waals surface area (Å²) in [7, 11) is 0. The number of hydrogen-bond acceptors (Lipinski definition) is 2. The molecule has 1 aromatic carbocycles. The third kappa shape index (κ3) is 2.57. The largest absolute Gasteiger partial charge is 0.366 e. The zero-order chi connectivity index (χ0) is 14.7. The molecule has 1 amide bonds. The van der Waals surface area contributed by atoms with Crippen LogP contribution in [0.15, 0.2) is 30.6 Å². The van der Waals surface area contributed by atoms with Crippen molar-refractivity contribution in [1.29, 1.82) is 0 Å².